The lowest BCUT2D eigenvalue weighted by Gasteiger charge is -2.45. The lowest BCUT2D eigenvalue weighted by molar-refractivity contribution is -0.169. The van der Waals surface area contributed by atoms with Gasteiger partial charge < -0.3 is 24.0 Å². The van der Waals surface area contributed by atoms with Crippen LogP contribution in [0, 0.1) is 0 Å². The highest BCUT2D eigenvalue weighted by Crippen LogP contribution is 2.40. The van der Waals surface area contributed by atoms with Crippen molar-refractivity contribution >= 4 is 49.0 Å². The first-order chi connectivity index (χ1) is 22.2. The molecule has 4 rings (SSSR count). The fourth-order valence-corrected chi connectivity index (χ4v) is 6.59. The van der Waals surface area contributed by atoms with Crippen LogP contribution in [0.5, 0.6) is 0 Å². The summed E-state index contributed by atoms with van der Waals surface area (Å²) in [6, 6.07) is 29.5. The van der Waals surface area contributed by atoms with E-state index in [1.54, 1.807) is 0 Å². The quantitative estimate of drug-likeness (QED) is 0.115. The molecule has 254 valence electrons. The van der Waals surface area contributed by atoms with E-state index in [1.165, 1.54) is 0 Å². The molecule has 0 aliphatic heterocycles. The normalized spacial score (nSPS) is 22.3. The Kier molecular flexibility index (Phi) is 13.6. The molecule has 3 aromatic rings. The third-order valence-electron chi connectivity index (χ3n) is 8.72. The minimum atomic E-state index is -2.39. The third-order valence-corrected chi connectivity index (χ3v) is 13.7. The number of halogens is 3. The van der Waals surface area contributed by atoms with Gasteiger partial charge in [0.2, 0.25) is 0 Å². The topological polar surface area (TPSA) is 66.0 Å². The minimum absolute atomic E-state index is 0.102. The zero-order valence-electron chi connectivity index (χ0n) is 27.7. The molecule has 0 bridgehead atoms. The van der Waals surface area contributed by atoms with Gasteiger partial charge in [0, 0.05) is 6.04 Å². The number of hydrogen-bond donors (Lipinski definition) is 1. The molecule has 0 unspecified atom stereocenters. The van der Waals surface area contributed by atoms with Gasteiger partial charge in [-0.05, 0) is 41.2 Å². The van der Waals surface area contributed by atoms with Crippen molar-refractivity contribution in [3.63, 3.8) is 0 Å². The van der Waals surface area contributed by atoms with E-state index in [1.807, 2.05) is 103 Å². The van der Waals surface area contributed by atoms with E-state index in [-0.39, 0.29) is 5.04 Å². The number of benzene rings is 3. The summed E-state index contributed by atoms with van der Waals surface area (Å²) in [5.41, 5.74) is 3.05. The predicted molar refractivity (Wildman–Crippen MR) is 193 cm³/mol. The zero-order valence-corrected chi connectivity index (χ0v) is 31.0. The molecule has 0 saturated carbocycles. The van der Waals surface area contributed by atoms with Gasteiger partial charge in [0.05, 0.1) is 25.9 Å². The molecule has 0 heterocycles. The Morgan fingerprint density at radius 2 is 1.17 bits per heavy atom. The van der Waals surface area contributed by atoms with Gasteiger partial charge in [-0.2, -0.15) is 0 Å². The van der Waals surface area contributed by atoms with E-state index in [9.17, 15) is 4.79 Å². The minimum Gasteiger partial charge on any atom is -0.411 e. The number of rotatable bonds is 12. The first kappa shape index (κ1) is 37.6. The number of alkyl halides is 3. The van der Waals surface area contributed by atoms with Crippen molar-refractivity contribution in [2.45, 2.75) is 99.4 Å². The van der Waals surface area contributed by atoms with Crippen LogP contribution >= 0.6 is 34.8 Å². The molecule has 47 heavy (non-hydrogen) atoms. The van der Waals surface area contributed by atoms with Crippen LogP contribution in [0.1, 0.15) is 43.9 Å². The van der Waals surface area contributed by atoms with Crippen molar-refractivity contribution in [2.75, 3.05) is 0 Å². The second-order valence-corrected chi connectivity index (χ2v) is 20.4. The molecule has 5 atom stereocenters. The van der Waals surface area contributed by atoms with Crippen molar-refractivity contribution in [3.05, 3.63) is 120 Å². The molecule has 1 aliphatic rings. The van der Waals surface area contributed by atoms with Gasteiger partial charge in [0.1, 0.15) is 18.3 Å². The maximum Gasteiger partial charge on any atom is 0.272 e. The lowest BCUT2D eigenvalue weighted by Crippen LogP contribution is -2.56. The fourth-order valence-electron chi connectivity index (χ4n) is 5.08. The maximum absolute atomic E-state index is 12.9. The van der Waals surface area contributed by atoms with Gasteiger partial charge >= 0.3 is 0 Å². The van der Waals surface area contributed by atoms with Gasteiger partial charge in [-0.1, -0.05) is 159 Å². The van der Waals surface area contributed by atoms with Crippen LogP contribution < -0.4 is 5.32 Å². The highest BCUT2D eigenvalue weighted by atomic mass is 35.6. The molecular formula is C37H46Cl3NO5Si. The molecule has 0 fully saturated rings. The monoisotopic (exact) mass is 717 g/mol. The number of carbonyl (C=O) groups is 1. The summed E-state index contributed by atoms with van der Waals surface area (Å²) < 4.78 is 25.3. The van der Waals surface area contributed by atoms with Gasteiger partial charge in [-0.25, -0.2) is 0 Å². The Bertz CT molecular complexity index is 1410. The smallest absolute Gasteiger partial charge is 0.272 e. The fraction of sp³-hybridized carbons (Fsp3) is 0.432. The zero-order chi connectivity index (χ0) is 34.1. The van der Waals surface area contributed by atoms with Crippen LogP contribution in [-0.2, 0) is 43.3 Å². The van der Waals surface area contributed by atoms with Crippen molar-refractivity contribution in [1.29, 1.82) is 0 Å². The van der Waals surface area contributed by atoms with E-state index in [4.69, 9.17) is 53.4 Å². The van der Waals surface area contributed by atoms with Gasteiger partial charge in [-0.3, -0.25) is 4.79 Å². The number of hydrogen-bond acceptors (Lipinski definition) is 5. The molecule has 1 N–H and O–H groups in total. The Hall–Kier alpha value is -2.20. The van der Waals surface area contributed by atoms with E-state index in [2.05, 4.69) is 39.2 Å². The maximum atomic E-state index is 12.9. The summed E-state index contributed by atoms with van der Waals surface area (Å²) in [5, 5.41) is 2.80. The van der Waals surface area contributed by atoms with Gasteiger partial charge in [-0.15, -0.1) is 0 Å². The molecule has 10 heteroatoms. The average Bonchev–Trinajstić information content (AvgIpc) is 3.02. The highest BCUT2D eigenvalue weighted by Gasteiger charge is 2.46. The van der Waals surface area contributed by atoms with Crippen LogP contribution in [0.25, 0.3) is 0 Å². The first-order valence-electron chi connectivity index (χ1n) is 15.9. The molecule has 1 aliphatic carbocycles. The van der Waals surface area contributed by atoms with E-state index >= 15 is 0 Å². The average molecular weight is 719 g/mol. The highest BCUT2D eigenvalue weighted by molar-refractivity contribution is 6.76. The largest absolute Gasteiger partial charge is 0.411 e. The molecule has 0 saturated heterocycles. The second-order valence-electron chi connectivity index (χ2n) is 13.4. The van der Waals surface area contributed by atoms with Crippen LogP contribution in [-0.4, -0.2) is 48.5 Å². The lowest BCUT2D eigenvalue weighted by atomic mass is 9.92. The summed E-state index contributed by atoms with van der Waals surface area (Å²) in [4.78, 5) is 12.9. The molecule has 0 spiro atoms. The standard InChI is InChI=1S/C37H46Cl3NO5Si/c1-36(2,3)47(4,5)46-32-23-30(41-35(42)37(38,39)40)21-22-31(43-24-27-15-9-6-10-16-27)33(44-25-28-17-11-7-12-18-28)34(32)45-26-29-19-13-8-14-20-29/h6-22,30-34H,23-26H2,1-5H3,(H,41,42)/t30-,31-,32-,33+,34+/m0/s1. The molecule has 3 aromatic carbocycles. The number of nitrogens with one attached hydrogen (secondary N) is 1. The first-order valence-corrected chi connectivity index (χ1v) is 20.0. The summed E-state index contributed by atoms with van der Waals surface area (Å²) in [5.74, 6) is -0.718. The Balaban J connectivity index is 1.79. The van der Waals surface area contributed by atoms with Gasteiger partial charge in [0.25, 0.3) is 9.70 Å². The number of amides is 1. The molecular weight excluding hydrogens is 673 g/mol. The van der Waals surface area contributed by atoms with E-state index < -0.39 is 48.5 Å². The summed E-state index contributed by atoms with van der Waals surface area (Å²) in [7, 11) is -2.39. The number of ether oxygens (including phenoxy) is 3. The second kappa shape index (κ2) is 16.9. The third kappa shape index (κ3) is 11.4. The van der Waals surface area contributed by atoms with Crippen LogP contribution in [0.15, 0.2) is 103 Å². The van der Waals surface area contributed by atoms with Crippen molar-refractivity contribution in [1.82, 2.24) is 5.32 Å². The van der Waals surface area contributed by atoms with Crippen molar-refractivity contribution in [2.24, 2.45) is 0 Å². The summed E-state index contributed by atoms with van der Waals surface area (Å²) in [6.07, 6.45) is 1.93. The van der Waals surface area contributed by atoms with Gasteiger partial charge in [0.15, 0.2) is 8.32 Å². The van der Waals surface area contributed by atoms with Crippen molar-refractivity contribution < 1.29 is 23.4 Å². The predicted octanol–water partition coefficient (Wildman–Crippen LogP) is 8.95. The summed E-state index contributed by atoms with van der Waals surface area (Å²) in [6.45, 7) is 12.0. The molecule has 1 amide bonds. The number of carbonyl (C=O) groups excluding carboxylic acids is 1. The van der Waals surface area contributed by atoms with Crippen LogP contribution in [0.2, 0.25) is 18.1 Å². The van der Waals surface area contributed by atoms with Crippen molar-refractivity contribution in [3.8, 4) is 0 Å². The molecule has 0 radical (unpaired) electrons. The van der Waals surface area contributed by atoms with Crippen LogP contribution in [0.4, 0.5) is 0 Å². The van der Waals surface area contributed by atoms with Crippen LogP contribution in [0.3, 0.4) is 0 Å². The SMILES string of the molecule is CC(C)(C)[Si](C)(C)O[C@H]1C[C@@H](NC(=O)C(Cl)(Cl)Cl)C=C[C@H](OCc2ccccc2)[C@@H](OCc2ccccc2)[C@@H]1OCc1ccccc1. The Morgan fingerprint density at radius 1 is 0.723 bits per heavy atom. The molecule has 6 nitrogen and oxygen atoms in total. The Morgan fingerprint density at radius 3 is 1.62 bits per heavy atom. The molecule has 0 aromatic heterocycles. The van der Waals surface area contributed by atoms with E-state index in [0.29, 0.717) is 26.2 Å². The summed E-state index contributed by atoms with van der Waals surface area (Å²) >= 11 is 18.0. The Labute approximate surface area is 295 Å². The van der Waals surface area contributed by atoms with E-state index in [0.717, 1.165) is 16.7 Å².